The lowest BCUT2D eigenvalue weighted by Gasteiger charge is -2.20. The van der Waals surface area contributed by atoms with E-state index < -0.39 is 7.94 Å². The third-order valence-corrected chi connectivity index (χ3v) is 8.08. The van der Waals surface area contributed by atoms with Crippen molar-refractivity contribution in [3.8, 4) is 0 Å². The fourth-order valence-electron chi connectivity index (χ4n) is 3.75. The Kier molecular flexibility index (Phi) is 22.2. The average Bonchev–Trinajstić information content (AvgIpc) is 2.68. The van der Waals surface area contributed by atoms with Gasteiger partial charge in [0.15, 0.2) is 0 Å². The molecule has 0 amide bonds. The smallest absolute Gasteiger partial charge is 0.178 e. The summed E-state index contributed by atoms with van der Waals surface area (Å²) in [7, 11) is -2.08. The van der Waals surface area contributed by atoms with Gasteiger partial charge in [0, 0.05) is 0 Å². The summed E-state index contributed by atoms with van der Waals surface area (Å²) in [6.07, 6.45) is 23.3. The van der Waals surface area contributed by atoms with Crippen molar-refractivity contribution < 1.29 is 13.6 Å². The molecule has 4 heteroatoms. The lowest BCUT2D eigenvalue weighted by molar-refractivity contribution is 0.150. The van der Waals surface area contributed by atoms with Gasteiger partial charge in [0.1, 0.15) is 6.16 Å². The number of unbranched alkanes of at least 4 members (excludes halogenated alkanes) is 15. The van der Waals surface area contributed by atoms with E-state index in [2.05, 4.69) is 6.92 Å². The van der Waals surface area contributed by atoms with E-state index in [-0.39, 0.29) is 0 Å². The molecular weight excluding hydrogens is 367 g/mol. The quantitative estimate of drug-likeness (QED) is 0.122. The third kappa shape index (κ3) is 17.2. The van der Waals surface area contributed by atoms with Gasteiger partial charge in [-0.15, -0.1) is 0 Å². The second-order valence-electron chi connectivity index (χ2n) is 7.89. The van der Waals surface area contributed by atoms with Gasteiger partial charge in [-0.25, -0.2) is 0 Å². The van der Waals surface area contributed by atoms with E-state index in [4.69, 9.17) is 13.6 Å². The molecule has 0 rings (SSSR count). The molecule has 0 aromatic rings. The molecule has 0 radical (unpaired) electrons. The lowest BCUT2D eigenvalue weighted by Crippen LogP contribution is -2.11. The van der Waals surface area contributed by atoms with E-state index in [1.165, 1.54) is 96.3 Å². The van der Waals surface area contributed by atoms with Crippen LogP contribution in [0.1, 0.15) is 130 Å². The van der Waals surface area contributed by atoms with E-state index in [9.17, 15) is 0 Å². The Morgan fingerprint density at radius 3 is 0.964 bits per heavy atom. The van der Waals surface area contributed by atoms with E-state index in [1.807, 2.05) is 20.8 Å². The van der Waals surface area contributed by atoms with Crippen molar-refractivity contribution in [2.75, 3.05) is 26.0 Å². The Hall–Kier alpha value is 0.310. The topological polar surface area (TPSA) is 27.7 Å². The summed E-state index contributed by atoms with van der Waals surface area (Å²) >= 11 is 0. The summed E-state index contributed by atoms with van der Waals surface area (Å²) in [5.41, 5.74) is 0. The highest BCUT2D eigenvalue weighted by atomic mass is 31.2. The molecule has 0 fully saturated rings. The maximum Gasteiger partial charge on any atom is 0.411 e. The standard InChI is InChI=1S/C24H52O3P/c1-5-9-10-11-12-13-14-15-16-17-18-19-20-21-22-23-24-28(25-6-2,26-7-3)27-8-4/h5-24H2,1-4H3/q+1. The van der Waals surface area contributed by atoms with Gasteiger partial charge in [-0.1, -0.05) is 96.8 Å². The first-order valence-electron chi connectivity index (χ1n) is 12.6. The summed E-state index contributed by atoms with van der Waals surface area (Å²) in [6.45, 7) is 10.4. The van der Waals surface area contributed by atoms with E-state index in [1.54, 1.807) is 0 Å². The van der Waals surface area contributed by atoms with Gasteiger partial charge >= 0.3 is 7.94 Å². The van der Waals surface area contributed by atoms with Crippen LogP contribution in [0, 0.1) is 0 Å². The van der Waals surface area contributed by atoms with Crippen molar-refractivity contribution in [2.24, 2.45) is 0 Å². The molecule has 0 aliphatic heterocycles. The molecule has 3 nitrogen and oxygen atoms in total. The van der Waals surface area contributed by atoms with Crippen LogP contribution >= 0.6 is 7.94 Å². The average molecular weight is 420 g/mol. The van der Waals surface area contributed by atoms with Crippen LogP contribution in [0.5, 0.6) is 0 Å². The minimum Gasteiger partial charge on any atom is -0.178 e. The molecule has 170 valence electrons. The molecule has 0 spiro atoms. The fourth-order valence-corrected chi connectivity index (χ4v) is 6.15. The van der Waals surface area contributed by atoms with Crippen LogP contribution < -0.4 is 0 Å². The molecule has 0 aromatic carbocycles. The van der Waals surface area contributed by atoms with Crippen molar-refractivity contribution in [3.63, 3.8) is 0 Å². The maximum absolute atomic E-state index is 5.90. The third-order valence-electron chi connectivity index (χ3n) is 5.26. The minimum absolute atomic E-state index is 0.673. The molecule has 0 aliphatic carbocycles. The summed E-state index contributed by atoms with van der Waals surface area (Å²) in [4.78, 5) is 0. The van der Waals surface area contributed by atoms with Gasteiger partial charge < -0.3 is 0 Å². The Balaban J connectivity index is 3.46. The number of hydrogen-bond donors (Lipinski definition) is 0. The van der Waals surface area contributed by atoms with Gasteiger partial charge in [0.25, 0.3) is 0 Å². The van der Waals surface area contributed by atoms with Crippen molar-refractivity contribution in [1.82, 2.24) is 0 Å². The zero-order valence-electron chi connectivity index (χ0n) is 19.8. The highest BCUT2D eigenvalue weighted by Gasteiger charge is 2.43. The lowest BCUT2D eigenvalue weighted by atomic mass is 10.0. The van der Waals surface area contributed by atoms with E-state index in [0.717, 1.165) is 12.6 Å². The number of rotatable bonds is 23. The fraction of sp³-hybridized carbons (Fsp3) is 1.00. The van der Waals surface area contributed by atoms with Gasteiger partial charge in [0.05, 0.1) is 19.8 Å². The molecular formula is C24H52O3P+. The second-order valence-corrected chi connectivity index (χ2v) is 10.3. The zero-order valence-corrected chi connectivity index (χ0v) is 20.7. The Morgan fingerprint density at radius 1 is 0.393 bits per heavy atom. The molecule has 0 saturated heterocycles. The Morgan fingerprint density at radius 2 is 0.679 bits per heavy atom. The largest absolute Gasteiger partial charge is 0.411 e. The molecule has 0 aromatic heterocycles. The van der Waals surface area contributed by atoms with Gasteiger partial charge in [-0.05, 0) is 33.6 Å². The van der Waals surface area contributed by atoms with Crippen LogP contribution in [0.3, 0.4) is 0 Å². The summed E-state index contributed by atoms with van der Waals surface area (Å²) in [6, 6.07) is 0. The maximum atomic E-state index is 5.90. The van der Waals surface area contributed by atoms with Gasteiger partial charge in [-0.2, -0.15) is 13.6 Å². The first-order chi connectivity index (χ1) is 13.7. The molecule has 0 N–H and O–H groups in total. The Bertz CT molecular complexity index is 283. The molecule has 0 aliphatic rings. The highest BCUT2D eigenvalue weighted by molar-refractivity contribution is 7.61. The van der Waals surface area contributed by atoms with Crippen LogP contribution in [0.2, 0.25) is 0 Å². The van der Waals surface area contributed by atoms with Gasteiger partial charge in [-0.3, -0.25) is 0 Å². The summed E-state index contributed by atoms with van der Waals surface area (Å²) in [5.74, 6) is 0. The SMILES string of the molecule is CCCCCCCCCCCCCCCCCC[P+](OCC)(OCC)OCC. The molecule has 0 atom stereocenters. The first kappa shape index (κ1) is 28.3. The summed E-state index contributed by atoms with van der Waals surface area (Å²) < 4.78 is 17.7. The minimum atomic E-state index is -2.08. The molecule has 0 saturated carbocycles. The molecule has 0 bridgehead atoms. The van der Waals surface area contributed by atoms with Gasteiger partial charge in [0.2, 0.25) is 0 Å². The second kappa shape index (κ2) is 22.0. The molecule has 28 heavy (non-hydrogen) atoms. The van der Waals surface area contributed by atoms with Crippen molar-refractivity contribution in [3.05, 3.63) is 0 Å². The first-order valence-corrected chi connectivity index (χ1v) is 14.3. The summed E-state index contributed by atoms with van der Waals surface area (Å²) in [5, 5.41) is 0. The van der Waals surface area contributed by atoms with Crippen molar-refractivity contribution in [2.45, 2.75) is 130 Å². The normalized spacial score (nSPS) is 12.0. The van der Waals surface area contributed by atoms with Crippen LogP contribution in [-0.4, -0.2) is 26.0 Å². The van der Waals surface area contributed by atoms with Crippen LogP contribution in [-0.2, 0) is 13.6 Å². The van der Waals surface area contributed by atoms with Crippen LogP contribution in [0.4, 0.5) is 0 Å². The monoisotopic (exact) mass is 419 g/mol. The predicted octanol–water partition coefficient (Wildman–Crippen LogP) is 9.12. The van der Waals surface area contributed by atoms with Crippen LogP contribution in [0.15, 0.2) is 0 Å². The van der Waals surface area contributed by atoms with Crippen LogP contribution in [0.25, 0.3) is 0 Å². The zero-order chi connectivity index (χ0) is 20.8. The Labute approximate surface area is 178 Å². The van der Waals surface area contributed by atoms with Crippen molar-refractivity contribution >= 4 is 7.94 Å². The number of hydrogen-bond acceptors (Lipinski definition) is 3. The van der Waals surface area contributed by atoms with E-state index >= 15 is 0 Å². The van der Waals surface area contributed by atoms with Crippen molar-refractivity contribution in [1.29, 1.82) is 0 Å². The predicted molar refractivity (Wildman–Crippen MR) is 126 cm³/mol. The van der Waals surface area contributed by atoms with E-state index in [0.29, 0.717) is 19.8 Å². The molecule has 0 unspecified atom stereocenters. The highest BCUT2D eigenvalue weighted by Crippen LogP contribution is 2.62. The molecule has 0 heterocycles.